The molecule has 0 aliphatic heterocycles. The average Bonchev–Trinajstić information content (AvgIpc) is 2.38. The lowest BCUT2D eigenvalue weighted by Gasteiger charge is -2.32. The summed E-state index contributed by atoms with van der Waals surface area (Å²) in [6.07, 6.45) is 2.98. The van der Waals surface area contributed by atoms with E-state index in [0.29, 0.717) is 21.7 Å². The van der Waals surface area contributed by atoms with Crippen LogP contribution in [0.2, 0.25) is 10.0 Å². The Balaban J connectivity index is 3.10. The molecule has 1 aromatic heterocycles. The van der Waals surface area contributed by atoms with E-state index in [2.05, 4.69) is 36.5 Å². The first kappa shape index (κ1) is 15.3. The molecular formula is C12H20Cl2N4. The maximum absolute atomic E-state index is 6.16. The smallest absolute Gasteiger partial charge is 0.161 e. The second kappa shape index (κ2) is 6.45. The van der Waals surface area contributed by atoms with Crippen LogP contribution < -0.4 is 16.6 Å². The number of aromatic nitrogens is 1. The van der Waals surface area contributed by atoms with Crippen molar-refractivity contribution in [2.24, 2.45) is 5.84 Å². The maximum atomic E-state index is 6.16. The zero-order chi connectivity index (χ0) is 13.8. The van der Waals surface area contributed by atoms with Crippen LogP contribution in [0.15, 0.2) is 6.07 Å². The number of hydrogen-bond acceptors (Lipinski definition) is 4. The van der Waals surface area contributed by atoms with Crippen molar-refractivity contribution in [3.63, 3.8) is 0 Å². The number of halogens is 2. The number of rotatable bonds is 6. The van der Waals surface area contributed by atoms with Gasteiger partial charge in [-0.25, -0.2) is 10.8 Å². The Hall–Kier alpha value is -0.710. The summed E-state index contributed by atoms with van der Waals surface area (Å²) < 4.78 is 0. The van der Waals surface area contributed by atoms with Crippen molar-refractivity contribution in [1.29, 1.82) is 0 Å². The largest absolute Gasteiger partial charge is 0.363 e. The molecule has 18 heavy (non-hydrogen) atoms. The Kier molecular flexibility index (Phi) is 5.50. The van der Waals surface area contributed by atoms with Crippen molar-refractivity contribution in [3.05, 3.63) is 16.1 Å². The summed E-state index contributed by atoms with van der Waals surface area (Å²) in [7, 11) is 0. The fourth-order valence-corrected chi connectivity index (χ4v) is 2.38. The first-order valence-electron chi connectivity index (χ1n) is 6.12. The monoisotopic (exact) mass is 290 g/mol. The molecule has 0 aliphatic rings. The predicted octanol–water partition coefficient (Wildman–Crippen LogP) is 4.05. The number of nitrogen functional groups attached to an aromatic ring is 1. The van der Waals surface area contributed by atoms with Crippen LogP contribution in [0.3, 0.4) is 0 Å². The van der Waals surface area contributed by atoms with Crippen LogP contribution in [0, 0.1) is 0 Å². The minimum atomic E-state index is -0.00363. The summed E-state index contributed by atoms with van der Waals surface area (Å²) in [5.74, 6) is 6.39. The molecule has 0 atom stereocenters. The van der Waals surface area contributed by atoms with E-state index >= 15 is 0 Å². The van der Waals surface area contributed by atoms with Crippen LogP contribution in [0.5, 0.6) is 0 Å². The molecule has 0 unspecified atom stereocenters. The van der Waals surface area contributed by atoms with Crippen molar-refractivity contribution in [3.8, 4) is 0 Å². The number of hydrazine groups is 1. The summed E-state index contributed by atoms with van der Waals surface area (Å²) in [5.41, 5.74) is 2.46. The van der Waals surface area contributed by atoms with E-state index in [9.17, 15) is 0 Å². The zero-order valence-corrected chi connectivity index (χ0v) is 12.5. The second-order valence-electron chi connectivity index (χ2n) is 4.26. The van der Waals surface area contributed by atoms with Crippen LogP contribution in [0.4, 0.5) is 11.6 Å². The lowest BCUT2D eigenvalue weighted by molar-refractivity contribution is 0.419. The van der Waals surface area contributed by atoms with Gasteiger partial charge < -0.3 is 10.7 Å². The minimum absolute atomic E-state index is 0.00363. The maximum Gasteiger partial charge on any atom is 0.161 e. The topological polar surface area (TPSA) is 63.0 Å². The molecule has 4 nitrogen and oxygen atoms in total. The van der Waals surface area contributed by atoms with Crippen molar-refractivity contribution >= 4 is 34.8 Å². The van der Waals surface area contributed by atoms with Crippen LogP contribution >= 0.6 is 23.2 Å². The molecule has 0 spiro atoms. The van der Waals surface area contributed by atoms with Crippen molar-refractivity contribution in [2.75, 3.05) is 10.7 Å². The third kappa shape index (κ3) is 3.19. The van der Waals surface area contributed by atoms with E-state index in [-0.39, 0.29) is 5.54 Å². The number of hydrogen-bond donors (Lipinski definition) is 3. The van der Waals surface area contributed by atoms with E-state index in [1.165, 1.54) is 0 Å². The van der Waals surface area contributed by atoms with Gasteiger partial charge in [-0.2, -0.15) is 0 Å². The highest BCUT2D eigenvalue weighted by molar-refractivity contribution is 6.37. The molecule has 4 N–H and O–H groups in total. The molecule has 0 radical (unpaired) electrons. The summed E-state index contributed by atoms with van der Waals surface area (Å²) in [5, 5.41) is 4.32. The SMILES string of the molecule is CCC(CC)(CC)Nc1nc(NN)c(Cl)cc1Cl. The van der Waals surface area contributed by atoms with Gasteiger partial charge in [0, 0.05) is 5.54 Å². The molecular weight excluding hydrogens is 271 g/mol. The van der Waals surface area contributed by atoms with Gasteiger partial charge in [-0.3, -0.25) is 0 Å². The molecule has 1 rings (SSSR count). The van der Waals surface area contributed by atoms with E-state index in [4.69, 9.17) is 29.0 Å². The molecule has 0 aromatic carbocycles. The highest BCUT2D eigenvalue weighted by Gasteiger charge is 2.25. The van der Waals surface area contributed by atoms with E-state index in [1.54, 1.807) is 6.07 Å². The molecule has 1 heterocycles. The quantitative estimate of drug-likeness (QED) is 0.546. The van der Waals surface area contributed by atoms with Crippen LogP contribution in [-0.2, 0) is 0 Å². The van der Waals surface area contributed by atoms with Gasteiger partial charge in [0.1, 0.15) is 5.82 Å². The Bertz CT molecular complexity index is 397. The van der Waals surface area contributed by atoms with Crippen molar-refractivity contribution < 1.29 is 0 Å². The average molecular weight is 291 g/mol. The summed E-state index contributed by atoms with van der Waals surface area (Å²) in [6.45, 7) is 6.43. The molecule has 0 amide bonds. The molecule has 0 bridgehead atoms. The molecule has 0 saturated carbocycles. The fraction of sp³-hybridized carbons (Fsp3) is 0.583. The van der Waals surface area contributed by atoms with Gasteiger partial charge in [0.2, 0.25) is 0 Å². The Morgan fingerprint density at radius 1 is 1.11 bits per heavy atom. The number of nitrogens with zero attached hydrogens (tertiary/aromatic N) is 1. The highest BCUT2D eigenvalue weighted by atomic mass is 35.5. The third-order valence-electron chi connectivity index (χ3n) is 3.48. The normalized spacial score (nSPS) is 11.4. The molecule has 1 aromatic rings. The number of nitrogens with one attached hydrogen (secondary N) is 2. The predicted molar refractivity (Wildman–Crippen MR) is 79.3 cm³/mol. The van der Waals surface area contributed by atoms with Crippen LogP contribution in [0.25, 0.3) is 0 Å². The molecule has 6 heteroatoms. The van der Waals surface area contributed by atoms with Gasteiger partial charge in [0.15, 0.2) is 5.82 Å². The van der Waals surface area contributed by atoms with Gasteiger partial charge in [-0.15, -0.1) is 0 Å². The molecule has 0 saturated heterocycles. The van der Waals surface area contributed by atoms with Gasteiger partial charge in [-0.1, -0.05) is 44.0 Å². The molecule has 0 fully saturated rings. The second-order valence-corrected chi connectivity index (χ2v) is 5.07. The Morgan fingerprint density at radius 2 is 1.61 bits per heavy atom. The molecule has 0 aliphatic carbocycles. The summed E-state index contributed by atoms with van der Waals surface area (Å²) in [6, 6.07) is 1.64. The number of pyridine rings is 1. The number of anilines is 2. The standard InChI is InChI=1S/C12H20Cl2N4/c1-4-12(5-2,6-3)17-10-8(13)7-9(14)11(16-10)18-15/h7H,4-6,15H2,1-3H3,(H2,16,17,18). The summed E-state index contributed by atoms with van der Waals surface area (Å²) in [4.78, 5) is 4.31. The molecule has 102 valence electrons. The third-order valence-corrected chi connectivity index (χ3v) is 4.06. The lowest BCUT2D eigenvalue weighted by atomic mass is 9.90. The first-order valence-corrected chi connectivity index (χ1v) is 6.88. The zero-order valence-electron chi connectivity index (χ0n) is 11.0. The van der Waals surface area contributed by atoms with Gasteiger partial charge in [0.25, 0.3) is 0 Å². The van der Waals surface area contributed by atoms with Crippen molar-refractivity contribution in [2.45, 2.75) is 45.6 Å². The van der Waals surface area contributed by atoms with Gasteiger partial charge in [0.05, 0.1) is 10.0 Å². The van der Waals surface area contributed by atoms with Gasteiger partial charge in [-0.05, 0) is 25.3 Å². The highest BCUT2D eigenvalue weighted by Crippen LogP contribution is 2.32. The van der Waals surface area contributed by atoms with Crippen LogP contribution in [-0.4, -0.2) is 10.5 Å². The van der Waals surface area contributed by atoms with Crippen LogP contribution in [0.1, 0.15) is 40.0 Å². The van der Waals surface area contributed by atoms with E-state index < -0.39 is 0 Å². The first-order chi connectivity index (χ1) is 8.51. The van der Waals surface area contributed by atoms with Crippen molar-refractivity contribution in [1.82, 2.24) is 4.98 Å². The van der Waals surface area contributed by atoms with Gasteiger partial charge >= 0.3 is 0 Å². The van der Waals surface area contributed by atoms with E-state index in [1.807, 2.05) is 0 Å². The fourth-order valence-electron chi connectivity index (χ4n) is 1.92. The van der Waals surface area contributed by atoms with E-state index in [0.717, 1.165) is 19.3 Å². The minimum Gasteiger partial charge on any atom is -0.363 e. The lowest BCUT2D eigenvalue weighted by Crippen LogP contribution is -2.36. The summed E-state index contributed by atoms with van der Waals surface area (Å²) >= 11 is 12.1. The Labute approximate surface area is 118 Å². The number of nitrogens with two attached hydrogens (primary N) is 1. The Morgan fingerprint density at radius 3 is 2.06 bits per heavy atom.